The van der Waals surface area contributed by atoms with E-state index in [-0.39, 0.29) is 10.9 Å². The Bertz CT molecular complexity index is 768. The van der Waals surface area contributed by atoms with Crippen molar-refractivity contribution in [3.05, 3.63) is 54.5 Å². The molecule has 0 amide bonds. The Morgan fingerprint density at radius 1 is 1.17 bits per heavy atom. The van der Waals surface area contributed by atoms with Gasteiger partial charge in [-0.3, -0.25) is 0 Å². The summed E-state index contributed by atoms with van der Waals surface area (Å²) in [5.74, 6) is 0.0830. The summed E-state index contributed by atoms with van der Waals surface area (Å²) < 4.78 is 41.1. The van der Waals surface area contributed by atoms with Crippen LogP contribution in [0.4, 0.5) is 10.2 Å². The molecule has 1 N–H and O–H groups in total. The summed E-state index contributed by atoms with van der Waals surface area (Å²) in [6, 6.07) is 10.8. The number of hydrogen-bond acceptors (Lipinski definition) is 4. The van der Waals surface area contributed by atoms with Crippen molar-refractivity contribution in [1.29, 1.82) is 0 Å². The van der Waals surface area contributed by atoms with Gasteiger partial charge in [0.15, 0.2) is 0 Å². The third-order valence-electron chi connectivity index (χ3n) is 3.84. The Morgan fingerprint density at radius 2 is 1.96 bits per heavy atom. The molecule has 0 spiro atoms. The first kappa shape index (κ1) is 15.9. The molecule has 2 heterocycles. The van der Waals surface area contributed by atoms with Gasteiger partial charge in [0.05, 0.1) is 0 Å². The molecular weight excluding hydrogens is 317 g/mol. The molecule has 1 aromatic heterocycles. The van der Waals surface area contributed by atoms with Crippen LogP contribution in [0.1, 0.15) is 12.8 Å². The number of piperidine rings is 1. The quantitative estimate of drug-likeness (QED) is 0.930. The van der Waals surface area contributed by atoms with E-state index in [9.17, 15) is 12.8 Å². The molecule has 1 atom stereocenters. The van der Waals surface area contributed by atoms with Crippen LogP contribution in [0.15, 0.2) is 53.6 Å². The highest BCUT2D eigenvalue weighted by Gasteiger charge is 2.27. The minimum Gasteiger partial charge on any atom is -0.355 e. The normalized spacial score (nSPS) is 18.8. The zero-order chi connectivity index (χ0) is 16.3. The monoisotopic (exact) mass is 335 g/mol. The number of anilines is 1. The van der Waals surface area contributed by atoms with Crippen LogP contribution in [0.5, 0.6) is 0 Å². The summed E-state index contributed by atoms with van der Waals surface area (Å²) in [6.07, 6.45) is 3.28. The maximum absolute atomic E-state index is 13.7. The fourth-order valence-electron chi connectivity index (χ4n) is 2.77. The summed E-state index contributed by atoms with van der Waals surface area (Å²) in [6.45, 7) is 1.35. The maximum atomic E-state index is 13.7. The minimum atomic E-state index is -3.87. The third-order valence-corrected chi connectivity index (χ3v) is 5.40. The predicted octanol–water partition coefficient (Wildman–Crippen LogP) is 2.17. The number of halogens is 1. The fourth-order valence-corrected chi connectivity index (χ4v) is 4.11. The zero-order valence-corrected chi connectivity index (χ0v) is 13.3. The van der Waals surface area contributed by atoms with Gasteiger partial charge in [-0.05, 0) is 37.1 Å². The molecule has 122 valence electrons. The highest BCUT2D eigenvalue weighted by molar-refractivity contribution is 7.89. The third kappa shape index (κ3) is 3.68. The largest absolute Gasteiger partial charge is 0.355 e. The second-order valence-electron chi connectivity index (χ2n) is 5.52. The van der Waals surface area contributed by atoms with Crippen molar-refractivity contribution in [3.8, 4) is 0 Å². The smallest absolute Gasteiger partial charge is 0.243 e. The number of sulfonamides is 1. The lowest BCUT2D eigenvalue weighted by atomic mass is 10.1. The van der Waals surface area contributed by atoms with Gasteiger partial charge in [0.1, 0.15) is 16.5 Å². The van der Waals surface area contributed by atoms with E-state index in [1.165, 1.54) is 18.2 Å². The molecule has 2 aromatic rings. The Kier molecular flexibility index (Phi) is 4.58. The first-order valence-corrected chi connectivity index (χ1v) is 8.97. The van der Waals surface area contributed by atoms with Crippen molar-refractivity contribution in [2.24, 2.45) is 0 Å². The van der Waals surface area contributed by atoms with Gasteiger partial charge in [-0.25, -0.2) is 22.5 Å². The van der Waals surface area contributed by atoms with Gasteiger partial charge in [0.2, 0.25) is 10.0 Å². The second kappa shape index (κ2) is 6.64. The van der Waals surface area contributed by atoms with Gasteiger partial charge in [0.25, 0.3) is 0 Å². The van der Waals surface area contributed by atoms with E-state index < -0.39 is 15.8 Å². The highest BCUT2D eigenvalue weighted by Crippen LogP contribution is 2.20. The van der Waals surface area contributed by atoms with E-state index in [1.54, 1.807) is 6.20 Å². The number of nitrogens with one attached hydrogen (secondary N) is 1. The molecule has 3 rings (SSSR count). The molecule has 0 bridgehead atoms. The molecule has 1 aliphatic rings. The molecule has 1 saturated heterocycles. The summed E-state index contributed by atoms with van der Waals surface area (Å²) in [5.41, 5.74) is 0. The van der Waals surface area contributed by atoms with Gasteiger partial charge in [-0.15, -0.1) is 0 Å². The number of pyridine rings is 1. The van der Waals surface area contributed by atoms with Crippen LogP contribution < -0.4 is 9.62 Å². The molecular formula is C16H18FN3O2S. The first-order chi connectivity index (χ1) is 11.1. The van der Waals surface area contributed by atoms with E-state index in [1.807, 2.05) is 23.1 Å². The number of nitrogens with zero attached hydrogens (tertiary/aromatic N) is 2. The molecule has 0 unspecified atom stereocenters. The van der Waals surface area contributed by atoms with Crippen LogP contribution in [-0.4, -0.2) is 32.5 Å². The van der Waals surface area contributed by atoms with E-state index in [2.05, 4.69) is 9.71 Å². The maximum Gasteiger partial charge on any atom is 0.243 e. The van der Waals surface area contributed by atoms with E-state index in [4.69, 9.17) is 0 Å². The summed E-state index contributed by atoms with van der Waals surface area (Å²) in [7, 11) is -3.87. The minimum absolute atomic E-state index is 0.268. The second-order valence-corrected chi connectivity index (χ2v) is 7.21. The number of rotatable bonds is 4. The van der Waals surface area contributed by atoms with Crippen LogP contribution in [0.3, 0.4) is 0 Å². The lowest BCUT2D eigenvalue weighted by Gasteiger charge is -2.33. The van der Waals surface area contributed by atoms with Crippen LogP contribution in [0.2, 0.25) is 0 Å². The Morgan fingerprint density at radius 3 is 2.70 bits per heavy atom. The predicted molar refractivity (Wildman–Crippen MR) is 86.2 cm³/mol. The molecule has 1 aromatic carbocycles. The van der Waals surface area contributed by atoms with E-state index in [0.717, 1.165) is 31.3 Å². The van der Waals surface area contributed by atoms with Gasteiger partial charge in [-0.1, -0.05) is 18.2 Å². The average molecular weight is 335 g/mol. The SMILES string of the molecule is O=S(=O)(N[C@H]1CCCN(c2ccccn2)C1)c1ccccc1F. The van der Waals surface area contributed by atoms with Crippen molar-refractivity contribution < 1.29 is 12.8 Å². The molecule has 0 aliphatic carbocycles. The van der Waals surface area contributed by atoms with Crippen LogP contribution >= 0.6 is 0 Å². The van der Waals surface area contributed by atoms with Crippen LogP contribution in [0.25, 0.3) is 0 Å². The Balaban J connectivity index is 1.74. The standard InChI is InChI=1S/C16H18FN3O2S/c17-14-7-1-2-8-15(14)23(21,22)19-13-6-5-11-20(12-13)16-9-3-4-10-18-16/h1-4,7-10,13,19H,5-6,11-12H2/t13-/m0/s1. The molecule has 0 saturated carbocycles. The van der Waals surface area contributed by atoms with E-state index in [0.29, 0.717) is 6.54 Å². The van der Waals surface area contributed by atoms with Gasteiger partial charge in [0, 0.05) is 25.3 Å². The highest BCUT2D eigenvalue weighted by atomic mass is 32.2. The van der Waals surface area contributed by atoms with E-state index >= 15 is 0 Å². The Hall–Kier alpha value is -1.99. The molecule has 7 heteroatoms. The molecule has 1 fully saturated rings. The van der Waals surface area contributed by atoms with Crippen molar-refractivity contribution in [2.75, 3.05) is 18.0 Å². The van der Waals surface area contributed by atoms with Gasteiger partial charge < -0.3 is 4.90 Å². The number of benzene rings is 1. The van der Waals surface area contributed by atoms with Gasteiger partial charge >= 0.3 is 0 Å². The molecule has 1 aliphatic heterocycles. The summed E-state index contributed by atoms with van der Waals surface area (Å²) in [5, 5.41) is 0. The lowest BCUT2D eigenvalue weighted by molar-refractivity contribution is 0.462. The molecule has 5 nitrogen and oxygen atoms in total. The van der Waals surface area contributed by atoms with Gasteiger partial charge in [-0.2, -0.15) is 0 Å². The summed E-state index contributed by atoms with van der Waals surface area (Å²) in [4.78, 5) is 6.02. The summed E-state index contributed by atoms with van der Waals surface area (Å²) >= 11 is 0. The average Bonchev–Trinajstić information content (AvgIpc) is 2.56. The molecule has 0 radical (unpaired) electrons. The van der Waals surface area contributed by atoms with Crippen molar-refractivity contribution in [2.45, 2.75) is 23.8 Å². The lowest BCUT2D eigenvalue weighted by Crippen LogP contribution is -2.48. The Labute approximate surface area is 135 Å². The topological polar surface area (TPSA) is 62.3 Å². The van der Waals surface area contributed by atoms with Crippen LogP contribution in [-0.2, 0) is 10.0 Å². The first-order valence-electron chi connectivity index (χ1n) is 7.49. The number of hydrogen-bond donors (Lipinski definition) is 1. The number of aromatic nitrogens is 1. The fraction of sp³-hybridized carbons (Fsp3) is 0.312. The zero-order valence-electron chi connectivity index (χ0n) is 12.5. The van der Waals surface area contributed by atoms with Crippen LogP contribution in [0, 0.1) is 5.82 Å². The molecule has 23 heavy (non-hydrogen) atoms. The van der Waals surface area contributed by atoms with Crippen molar-refractivity contribution in [3.63, 3.8) is 0 Å². The van der Waals surface area contributed by atoms with Crippen molar-refractivity contribution >= 4 is 15.8 Å². The van der Waals surface area contributed by atoms with Crippen molar-refractivity contribution in [1.82, 2.24) is 9.71 Å².